The van der Waals surface area contributed by atoms with Gasteiger partial charge in [0.2, 0.25) is 5.88 Å². The Morgan fingerprint density at radius 3 is 2.62 bits per heavy atom. The molecule has 6 heteroatoms. The molecule has 0 radical (unpaired) electrons. The largest absolute Gasteiger partial charge is 0.497 e. The summed E-state index contributed by atoms with van der Waals surface area (Å²) in [5.74, 6) is -0.292. The van der Waals surface area contributed by atoms with E-state index in [1.165, 1.54) is 7.11 Å². The minimum absolute atomic E-state index is 0.00155. The number of esters is 1. The summed E-state index contributed by atoms with van der Waals surface area (Å²) in [6.07, 6.45) is 0. The van der Waals surface area contributed by atoms with Crippen LogP contribution in [0.2, 0.25) is 0 Å². The van der Waals surface area contributed by atoms with Crippen LogP contribution in [0.1, 0.15) is 25.3 Å². The smallest absolute Gasteiger partial charge is 0.338 e. The van der Waals surface area contributed by atoms with E-state index in [9.17, 15) is 10.1 Å². The van der Waals surface area contributed by atoms with Gasteiger partial charge in [-0.15, -0.1) is 0 Å². The maximum atomic E-state index is 12.4. The van der Waals surface area contributed by atoms with Crippen LogP contribution in [0.15, 0.2) is 47.1 Å². The molecule has 0 amide bonds. The molecule has 0 bridgehead atoms. The number of hydrogen-bond donors (Lipinski definition) is 1. The summed E-state index contributed by atoms with van der Waals surface area (Å²) in [6, 6.07) is 9.20. The Balaban J connectivity index is 2.73. The molecule has 1 aliphatic heterocycles. The highest BCUT2D eigenvalue weighted by Crippen LogP contribution is 2.42. The molecular weight excluding hydrogens is 308 g/mol. The molecule has 0 saturated heterocycles. The molecule has 0 spiro atoms. The van der Waals surface area contributed by atoms with Crippen molar-refractivity contribution in [1.82, 2.24) is 0 Å². The number of carbonyl (C=O) groups excluding carboxylic acids is 1. The summed E-state index contributed by atoms with van der Waals surface area (Å²) in [7, 11) is 2.85. The van der Waals surface area contributed by atoms with Crippen LogP contribution < -0.4 is 10.5 Å². The first-order valence-electron chi connectivity index (χ1n) is 7.48. The lowest BCUT2D eigenvalue weighted by atomic mass is 9.81. The highest BCUT2D eigenvalue weighted by atomic mass is 16.5. The molecule has 1 aromatic rings. The average Bonchev–Trinajstić information content (AvgIpc) is 2.59. The molecule has 1 aromatic carbocycles. The first-order valence-corrected chi connectivity index (χ1v) is 7.48. The SMILES string of the molecule is COC(=O)C1=C(C(C)C)OC(N)=C(C#N)C1c1cccc(OC)c1. The molecule has 2 N–H and O–H groups in total. The van der Waals surface area contributed by atoms with Crippen LogP contribution in [0.3, 0.4) is 0 Å². The maximum Gasteiger partial charge on any atom is 0.338 e. The van der Waals surface area contributed by atoms with Crippen molar-refractivity contribution in [2.24, 2.45) is 11.7 Å². The van der Waals surface area contributed by atoms with Crippen molar-refractivity contribution in [1.29, 1.82) is 5.26 Å². The number of nitrogens with zero attached hydrogens (tertiary/aromatic N) is 1. The Morgan fingerprint density at radius 2 is 2.08 bits per heavy atom. The maximum absolute atomic E-state index is 12.4. The Kier molecular flexibility index (Phi) is 5.14. The predicted octanol–water partition coefficient (Wildman–Crippen LogP) is 2.59. The molecule has 1 unspecified atom stereocenters. The summed E-state index contributed by atoms with van der Waals surface area (Å²) >= 11 is 0. The van der Waals surface area contributed by atoms with E-state index in [0.29, 0.717) is 17.1 Å². The summed E-state index contributed by atoms with van der Waals surface area (Å²) < 4.78 is 15.7. The van der Waals surface area contributed by atoms with E-state index < -0.39 is 11.9 Å². The zero-order valence-electron chi connectivity index (χ0n) is 14.1. The lowest BCUT2D eigenvalue weighted by Crippen LogP contribution is -2.27. The quantitative estimate of drug-likeness (QED) is 0.854. The van der Waals surface area contributed by atoms with Gasteiger partial charge < -0.3 is 19.9 Å². The van der Waals surface area contributed by atoms with Crippen molar-refractivity contribution in [2.75, 3.05) is 14.2 Å². The van der Waals surface area contributed by atoms with Crippen LogP contribution in [0, 0.1) is 17.2 Å². The van der Waals surface area contributed by atoms with Gasteiger partial charge in [0.25, 0.3) is 0 Å². The Hall–Kier alpha value is -2.94. The third kappa shape index (κ3) is 3.06. The summed E-state index contributed by atoms with van der Waals surface area (Å²) in [5, 5.41) is 9.54. The van der Waals surface area contributed by atoms with E-state index in [2.05, 4.69) is 6.07 Å². The van der Waals surface area contributed by atoms with Gasteiger partial charge in [-0.2, -0.15) is 5.26 Å². The van der Waals surface area contributed by atoms with Gasteiger partial charge in [0, 0.05) is 5.92 Å². The molecule has 6 nitrogen and oxygen atoms in total. The molecule has 0 aromatic heterocycles. The summed E-state index contributed by atoms with van der Waals surface area (Å²) in [6.45, 7) is 3.76. The molecule has 126 valence electrons. The molecule has 1 atom stereocenters. The second-order valence-corrected chi connectivity index (χ2v) is 5.63. The Bertz CT molecular complexity index is 757. The molecule has 0 aliphatic carbocycles. The van der Waals surface area contributed by atoms with Crippen molar-refractivity contribution in [3.63, 3.8) is 0 Å². The highest BCUT2D eigenvalue weighted by molar-refractivity contribution is 5.92. The van der Waals surface area contributed by atoms with Gasteiger partial charge in [0.05, 0.1) is 25.7 Å². The lowest BCUT2D eigenvalue weighted by molar-refractivity contribution is -0.136. The third-order valence-electron chi connectivity index (χ3n) is 3.81. The van der Waals surface area contributed by atoms with Crippen molar-refractivity contribution >= 4 is 5.97 Å². The minimum Gasteiger partial charge on any atom is -0.497 e. The zero-order valence-corrected chi connectivity index (χ0v) is 14.1. The molecule has 0 fully saturated rings. The van der Waals surface area contributed by atoms with Gasteiger partial charge >= 0.3 is 5.97 Å². The zero-order chi connectivity index (χ0) is 17.9. The average molecular weight is 328 g/mol. The highest BCUT2D eigenvalue weighted by Gasteiger charge is 2.38. The van der Waals surface area contributed by atoms with Crippen LogP contribution in [0.25, 0.3) is 0 Å². The first kappa shape index (κ1) is 17.4. The monoisotopic (exact) mass is 328 g/mol. The van der Waals surface area contributed by atoms with Crippen LogP contribution in [-0.2, 0) is 14.3 Å². The van der Waals surface area contributed by atoms with E-state index in [-0.39, 0.29) is 22.9 Å². The van der Waals surface area contributed by atoms with Gasteiger partial charge in [0.15, 0.2) is 0 Å². The van der Waals surface area contributed by atoms with Crippen molar-refractivity contribution < 1.29 is 19.0 Å². The van der Waals surface area contributed by atoms with Gasteiger partial charge in [-0.25, -0.2) is 4.79 Å². The van der Waals surface area contributed by atoms with Crippen molar-refractivity contribution in [2.45, 2.75) is 19.8 Å². The van der Waals surface area contributed by atoms with E-state index in [0.717, 1.165) is 0 Å². The fraction of sp³-hybridized carbons (Fsp3) is 0.333. The number of allylic oxidation sites excluding steroid dienone is 2. The normalized spacial score (nSPS) is 17.4. The Labute approximate surface area is 141 Å². The molecule has 2 rings (SSSR count). The minimum atomic E-state index is -0.663. The number of nitrogens with two attached hydrogens (primary N) is 1. The third-order valence-corrected chi connectivity index (χ3v) is 3.81. The predicted molar refractivity (Wildman–Crippen MR) is 87.5 cm³/mol. The fourth-order valence-corrected chi connectivity index (χ4v) is 2.69. The number of hydrogen-bond acceptors (Lipinski definition) is 6. The van der Waals surface area contributed by atoms with Crippen LogP contribution in [0.4, 0.5) is 0 Å². The first-order chi connectivity index (χ1) is 11.4. The van der Waals surface area contributed by atoms with Gasteiger partial charge in [-0.3, -0.25) is 0 Å². The molecular formula is C18H20N2O4. The van der Waals surface area contributed by atoms with Gasteiger partial charge in [-0.05, 0) is 17.7 Å². The molecule has 24 heavy (non-hydrogen) atoms. The molecule has 0 saturated carbocycles. The summed E-state index contributed by atoms with van der Waals surface area (Å²) in [5.41, 5.74) is 7.10. The van der Waals surface area contributed by atoms with Gasteiger partial charge in [-0.1, -0.05) is 26.0 Å². The van der Waals surface area contributed by atoms with Gasteiger partial charge in [0.1, 0.15) is 23.2 Å². The number of rotatable bonds is 4. The van der Waals surface area contributed by atoms with Crippen LogP contribution in [-0.4, -0.2) is 20.2 Å². The second kappa shape index (κ2) is 7.09. The number of ether oxygens (including phenoxy) is 3. The number of methoxy groups -OCH3 is 2. The van der Waals surface area contributed by atoms with Crippen LogP contribution >= 0.6 is 0 Å². The van der Waals surface area contributed by atoms with E-state index in [1.54, 1.807) is 25.3 Å². The Morgan fingerprint density at radius 1 is 1.38 bits per heavy atom. The number of benzene rings is 1. The van der Waals surface area contributed by atoms with Crippen molar-refractivity contribution in [3.05, 3.63) is 52.6 Å². The number of nitriles is 1. The summed E-state index contributed by atoms with van der Waals surface area (Å²) in [4.78, 5) is 12.4. The van der Waals surface area contributed by atoms with E-state index >= 15 is 0 Å². The standard InChI is InChI=1S/C18H20N2O4/c1-10(2)16-15(18(21)23-4)14(13(9-19)17(20)24-16)11-6-5-7-12(8-11)22-3/h5-8,10,14H,20H2,1-4H3. The topological polar surface area (TPSA) is 94.6 Å². The number of carbonyl (C=O) groups is 1. The molecule has 1 heterocycles. The molecule has 1 aliphatic rings. The lowest BCUT2D eigenvalue weighted by Gasteiger charge is -2.29. The van der Waals surface area contributed by atoms with E-state index in [4.69, 9.17) is 19.9 Å². The van der Waals surface area contributed by atoms with Crippen LogP contribution in [0.5, 0.6) is 5.75 Å². The fourth-order valence-electron chi connectivity index (χ4n) is 2.69. The van der Waals surface area contributed by atoms with E-state index in [1.807, 2.05) is 19.9 Å². The second-order valence-electron chi connectivity index (χ2n) is 5.63. The van der Waals surface area contributed by atoms with Crippen molar-refractivity contribution in [3.8, 4) is 11.8 Å².